The fourth-order valence-electron chi connectivity index (χ4n) is 1.55. The van der Waals surface area contributed by atoms with Crippen LogP contribution in [0.5, 0.6) is 0 Å². The van der Waals surface area contributed by atoms with Crippen molar-refractivity contribution < 1.29 is 8.94 Å². The zero-order valence-corrected chi connectivity index (χ0v) is 8.91. The molecule has 0 aliphatic carbocycles. The zero-order chi connectivity index (χ0) is 10.8. The van der Waals surface area contributed by atoms with Crippen molar-refractivity contribution in [1.82, 2.24) is 5.16 Å². The number of anilines is 1. The van der Waals surface area contributed by atoms with Gasteiger partial charge in [-0.25, -0.2) is 0 Å². The van der Waals surface area contributed by atoms with Crippen molar-refractivity contribution >= 4 is 5.88 Å². The Kier molecular flexibility index (Phi) is 2.49. The van der Waals surface area contributed by atoms with Crippen LogP contribution in [0.3, 0.4) is 0 Å². The number of hydrogen-bond acceptors (Lipinski definition) is 4. The summed E-state index contributed by atoms with van der Waals surface area (Å²) in [6.07, 6.45) is 1.65. The van der Waals surface area contributed by atoms with Crippen LogP contribution in [-0.4, -0.2) is 5.16 Å². The highest BCUT2D eigenvalue weighted by molar-refractivity contribution is 5.62. The van der Waals surface area contributed by atoms with E-state index in [0.29, 0.717) is 5.88 Å². The molecule has 0 unspecified atom stereocenters. The molecule has 0 amide bonds. The van der Waals surface area contributed by atoms with E-state index in [9.17, 15) is 0 Å². The van der Waals surface area contributed by atoms with Crippen molar-refractivity contribution in [1.29, 1.82) is 0 Å². The second kappa shape index (κ2) is 3.81. The molecule has 0 bridgehead atoms. The van der Waals surface area contributed by atoms with Crippen molar-refractivity contribution in [2.75, 3.05) is 5.73 Å². The molecule has 0 aliphatic rings. The number of furan rings is 1. The SMILES string of the molecule is CCc1ccc(-c2noc(N)c2CC)o1. The number of hydrogen-bond donors (Lipinski definition) is 1. The average Bonchev–Trinajstić information content (AvgIpc) is 2.83. The van der Waals surface area contributed by atoms with Crippen LogP contribution in [0.4, 0.5) is 5.88 Å². The number of aryl methyl sites for hydroxylation is 1. The van der Waals surface area contributed by atoms with Gasteiger partial charge in [0.2, 0.25) is 5.88 Å². The van der Waals surface area contributed by atoms with Crippen molar-refractivity contribution in [2.24, 2.45) is 0 Å². The van der Waals surface area contributed by atoms with E-state index in [-0.39, 0.29) is 0 Å². The lowest BCUT2D eigenvalue weighted by molar-refractivity contribution is 0.434. The van der Waals surface area contributed by atoms with E-state index in [0.717, 1.165) is 35.6 Å². The van der Waals surface area contributed by atoms with E-state index in [1.807, 2.05) is 26.0 Å². The number of nitrogen functional groups attached to an aromatic ring is 1. The largest absolute Gasteiger partial charge is 0.459 e. The van der Waals surface area contributed by atoms with Crippen LogP contribution >= 0.6 is 0 Å². The van der Waals surface area contributed by atoms with Crippen LogP contribution < -0.4 is 5.73 Å². The highest BCUT2D eigenvalue weighted by Gasteiger charge is 2.16. The third-order valence-corrected chi connectivity index (χ3v) is 2.42. The molecule has 0 spiro atoms. The Morgan fingerprint density at radius 2 is 2.07 bits per heavy atom. The maximum Gasteiger partial charge on any atom is 0.226 e. The molecule has 0 aliphatic heterocycles. The second-order valence-electron chi connectivity index (χ2n) is 3.35. The summed E-state index contributed by atoms with van der Waals surface area (Å²) in [4.78, 5) is 0. The summed E-state index contributed by atoms with van der Waals surface area (Å²) in [5, 5.41) is 3.91. The van der Waals surface area contributed by atoms with Gasteiger partial charge in [-0.3, -0.25) is 0 Å². The van der Waals surface area contributed by atoms with Gasteiger partial charge in [-0.15, -0.1) is 0 Å². The van der Waals surface area contributed by atoms with Gasteiger partial charge in [0.15, 0.2) is 11.5 Å². The molecule has 4 heteroatoms. The topological polar surface area (TPSA) is 65.2 Å². The minimum Gasteiger partial charge on any atom is -0.459 e. The predicted molar refractivity (Wildman–Crippen MR) is 57.4 cm³/mol. The van der Waals surface area contributed by atoms with Gasteiger partial charge < -0.3 is 14.7 Å². The Morgan fingerprint density at radius 3 is 2.67 bits per heavy atom. The highest BCUT2D eigenvalue weighted by Crippen LogP contribution is 2.28. The van der Waals surface area contributed by atoms with Crippen molar-refractivity contribution in [3.63, 3.8) is 0 Å². The lowest BCUT2D eigenvalue weighted by Gasteiger charge is -1.94. The third kappa shape index (κ3) is 1.63. The van der Waals surface area contributed by atoms with E-state index in [1.54, 1.807) is 0 Å². The molecule has 2 N–H and O–H groups in total. The van der Waals surface area contributed by atoms with Crippen molar-refractivity contribution in [3.05, 3.63) is 23.5 Å². The Hall–Kier alpha value is -1.71. The van der Waals surface area contributed by atoms with Gasteiger partial charge in [-0.05, 0) is 18.6 Å². The first-order valence-corrected chi connectivity index (χ1v) is 5.09. The molecule has 4 nitrogen and oxygen atoms in total. The van der Waals surface area contributed by atoms with Crippen molar-refractivity contribution in [2.45, 2.75) is 26.7 Å². The molecule has 2 rings (SSSR count). The average molecular weight is 206 g/mol. The molecule has 0 atom stereocenters. The molecule has 2 aromatic heterocycles. The minimum absolute atomic E-state index is 0.377. The number of nitrogens with zero attached hydrogens (tertiary/aromatic N) is 1. The zero-order valence-electron chi connectivity index (χ0n) is 8.91. The number of rotatable bonds is 3. The molecule has 0 saturated heterocycles. The van der Waals surface area contributed by atoms with Gasteiger partial charge in [0, 0.05) is 12.0 Å². The Bertz CT molecular complexity index is 457. The Labute approximate surface area is 88.0 Å². The van der Waals surface area contributed by atoms with Crippen LogP contribution in [0.15, 0.2) is 21.1 Å². The van der Waals surface area contributed by atoms with E-state index >= 15 is 0 Å². The molecular formula is C11H14N2O2. The normalized spacial score (nSPS) is 10.8. The molecule has 0 fully saturated rings. The summed E-state index contributed by atoms with van der Waals surface area (Å²) in [6.45, 7) is 4.05. The third-order valence-electron chi connectivity index (χ3n) is 2.42. The molecule has 80 valence electrons. The minimum atomic E-state index is 0.377. The Morgan fingerprint density at radius 1 is 1.27 bits per heavy atom. The fraction of sp³-hybridized carbons (Fsp3) is 0.364. The number of aromatic nitrogens is 1. The molecule has 0 saturated carbocycles. The van der Waals surface area contributed by atoms with Gasteiger partial charge >= 0.3 is 0 Å². The first-order valence-electron chi connectivity index (χ1n) is 5.09. The quantitative estimate of drug-likeness (QED) is 0.838. The summed E-state index contributed by atoms with van der Waals surface area (Å²) >= 11 is 0. The van der Waals surface area contributed by atoms with E-state index in [1.165, 1.54) is 0 Å². The maximum atomic E-state index is 5.66. The fourth-order valence-corrected chi connectivity index (χ4v) is 1.55. The van der Waals surface area contributed by atoms with Gasteiger partial charge in [-0.1, -0.05) is 19.0 Å². The smallest absolute Gasteiger partial charge is 0.226 e. The lowest BCUT2D eigenvalue weighted by atomic mass is 10.1. The molecule has 0 aromatic carbocycles. The highest BCUT2D eigenvalue weighted by atomic mass is 16.5. The summed E-state index contributed by atoms with van der Waals surface area (Å²) in [5.41, 5.74) is 7.28. The summed E-state index contributed by atoms with van der Waals surface area (Å²) in [6, 6.07) is 3.84. The first-order chi connectivity index (χ1) is 7.26. The molecule has 2 aromatic rings. The van der Waals surface area contributed by atoms with Gasteiger partial charge in [0.05, 0.1) is 0 Å². The van der Waals surface area contributed by atoms with Gasteiger partial charge in [0.25, 0.3) is 0 Å². The molecule has 15 heavy (non-hydrogen) atoms. The van der Waals surface area contributed by atoms with E-state index in [2.05, 4.69) is 5.16 Å². The standard InChI is InChI=1S/C11H14N2O2/c1-3-7-5-6-9(14-7)10-8(4-2)11(12)15-13-10/h5-6H,3-4,12H2,1-2H3. The maximum absolute atomic E-state index is 5.66. The van der Waals surface area contributed by atoms with Crippen LogP contribution in [0, 0.1) is 0 Å². The van der Waals surface area contributed by atoms with Gasteiger partial charge in [-0.2, -0.15) is 0 Å². The molecular weight excluding hydrogens is 192 g/mol. The monoisotopic (exact) mass is 206 g/mol. The van der Waals surface area contributed by atoms with Crippen LogP contribution in [0.2, 0.25) is 0 Å². The number of nitrogens with two attached hydrogens (primary N) is 1. The van der Waals surface area contributed by atoms with E-state index < -0.39 is 0 Å². The summed E-state index contributed by atoms with van der Waals surface area (Å²) < 4.78 is 10.5. The van der Waals surface area contributed by atoms with E-state index in [4.69, 9.17) is 14.7 Å². The summed E-state index contributed by atoms with van der Waals surface area (Å²) in [7, 11) is 0. The van der Waals surface area contributed by atoms with Gasteiger partial charge in [0.1, 0.15) is 5.76 Å². The van der Waals surface area contributed by atoms with Crippen LogP contribution in [0.1, 0.15) is 25.2 Å². The first kappa shape index (κ1) is 9.83. The molecule has 0 radical (unpaired) electrons. The Balaban J connectivity index is 2.44. The van der Waals surface area contributed by atoms with Crippen molar-refractivity contribution in [3.8, 4) is 11.5 Å². The predicted octanol–water partition coefficient (Wildman–Crippen LogP) is 2.64. The second-order valence-corrected chi connectivity index (χ2v) is 3.35. The van der Waals surface area contributed by atoms with Crippen LogP contribution in [-0.2, 0) is 12.8 Å². The van der Waals surface area contributed by atoms with Crippen LogP contribution in [0.25, 0.3) is 11.5 Å². The summed E-state index contributed by atoms with van der Waals surface area (Å²) in [5.74, 6) is 2.04. The lowest BCUT2D eigenvalue weighted by Crippen LogP contribution is -1.89. The molecule has 2 heterocycles.